The van der Waals surface area contributed by atoms with Gasteiger partial charge in [-0.25, -0.2) is 4.98 Å². The predicted octanol–water partition coefficient (Wildman–Crippen LogP) is 11.7. The molecule has 6 aromatic carbocycles. The molecule has 43 heavy (non-hydrogen) atoms. The molecule has 0 spiro atoms. The number of pyridine rings is 1. The third kappa shape index (κ3) is 3.30. The van der Waals surface area contributed by atoms with Gasteiger partial charge in [-0.2, -0.15) is 0 Å². The van der Waals surface area contributed by atoms with Crippen molar-refractivity contribution in [2.75, 3.05) is 0 Å². The first kappa shape index (κ1) is 23.5. The van der Waals surface area contributed by atoms with E-state index >= 15 is 0 Å². The Morgan fingerprint density at radius 2 is 1.14 bits per heavy atom. The van der Waals surface area contributed by atoms with E-state index < -0.39 is 0 Å². The molecule has 0 radical (unpaired) electrons. The van der Waals surface area contributed by atoms with Crippen LogP contribution in [0.3, 0.4) is 0 Å². The van der Waals surface area contributed by atoms with Crippen LogP contribution in [0.4, 0.5) is 0 Å². The highest BCUT2D eigenvalue weighted by molar-refractivity contribution is 7.26. The first-order chi connectivity index (χ1) is 21.3. The Balaban J connectivity index is 1.24. The maximum atomic E-state index is 5.35. The van der Waals surface area contributed by atoms with Gasteiger partial charge in [-0.15, -0.1) is 22.7 Å². The first-order valence-corrected chi connectivity index (χ1v) is 16.1. The zero-order valence-corrected chi connectivity index (χ0v) is 24.5. The van der Waals surface area contributed by atoms with Crippen molar-refractivity contribution < 1.29 is 0 Å². The summed E-state index contributed by atoms with van der Waals surface area (Å²) in [5, 5.41) is 7.62. The summed E-state index contributed by atoms with van der Waals surface area (Å²) < 4.78 is 7.58. The molecular weight excluding hydrogens is 561 g/mol. The average Bonchev–Trinajstić information content (AvgIpc) is 3.76. The molecule has 2 nitrogen and oxygen atoms in total. The largest absolute Gasteiger partial charge is 0.291 e. The van der Waals surface area contributed by atoms with Gasteiger partial charge in [0.05, 0.1) is 21.4 Å². The second-order valence-corrected chi connectivity index (χ2v) is 13.3. The third-order valence-electron chi connectivity index (χ3n) is 8.80. The van der Waals surface area contributed by atoms with Crippen LogP contribution in [0.15, 0.2) is 133 Å². The Kier molecular flexibility index (Phi) is 4.78. The second kappa shape index (κ2) is 8.74. The summed E-state index contributed by atoms with van der Waals surface area (Å²) >= 11 is 3.72. The number of benzene rings is 6. The van der Waals surface area contributed by atoms with Crippen molar-refractivity contribution >= 4 is 90.5 Å². The molecule has 10 aromatic rings. The minimum Gasteiger partial charge on any atom is -0.291 e. The number of aromatic nitrogens is 2. The van der Waals surface area contributed by atoms with Crippen molar-refractivity contribution in [1.82, 2.24) is 9.38 Å². The van der Waals surface area contributed by atoms with E-state index in [-0.39, 0.29) is 0 Å². The number of fused-ring (bicyclic) bond motifs is 12. The van der Waals surface area contributed by atoms with E-state index in [1.54, 1.807) is 0 Å². The van der Waals surface area contributed by atoms with Crippen LogP contribution in [0.25, 0.3) is 90.2 Å². The summed E-state index contributed by atoms with van der Waals surface area (Å²) in [6.07, 6.45) is 0. The molecule has 0 unspecified atom stereocenters. The highest BCUT2D eigenvalue weighted by atomic mass is 32.1. The number of hydrogen-bond acceptors (Lipinski definition) is 3. The van der Waals surface area contributed by atoms with Crippen LogP contribution in [0.5, 0.6) is 0 Å². The molecule has 0 aliphatic heterocycles. The van der Waals surface area contributed by atoms with Gasteiger partial charge in [-0.1, -0.05) is 109 Å². The van der Waals surface area contributed by atoms with E-state index in [1.807, 2.05) is 22.7 Å². The molecule has 4 heterocycles. The first-order valence-electron chi connectivity index (χ1n) is 14.5. The molecule has 0 saturated carbocycles. The molecule has 0 amide bonds. The van der Waals surface area contributed by atoms with Crippen LogP contribution < -0.4 is 0 Å². The smallest absolute Gasteiger partial charge is 0.156 e. The van der Waals surface area contributed by atoms with E-state index in [9.17, 15) is 0 Å². The lowest BCUT2D eigenvalue weighted by atomic mass is 10.00. The van der Waals surface area contributed by atoms with Crippen molar-refractivity contribution in [1.29, 1.82) is 0 Å². The molecule has 0 aliphatic rings. The van der Waals surface area contributed by atoms with E-state index in [1.165, 1.54) is 67.8 Å². The SMILES string of the molecule is c1ccc2c(c1)ccc1c2nc2c3sc4ccccc4c3cc(-c3ccc(-c4cccc5c4sc4ccccc45)cc3)n12. The number of nitrogens with zero attached hydrogens (tertiary/aromatic N) is 2. The quantitative estimate of drug-likeness (QED) is 0.198. The Labute approximate surface area is 254 Å². The molecule has 4 heteroatoms. The van der Waals surface area contributed by atoms with Crippen LogP contribution >= 0.6 is 22.7 Å². The minimum atomic E-state index is 1.03. The molecule has 10 rings (SSSR count). The van der Waals surface area contributed by atoms with Gasteiger partial charge in [-0.3, -0.25) is 4.40 Å². The molecule has 4 aromatic heterocycles. The van der Waals surface area contributed by atoms with E-state index in [0.717, 1.165) is 22.4 Å². The van der Waals surface area contributed by atoms with Crippen LogP contribution in [-0.2, 0) is 0 Å². The summed E-state index contributed by atoms with van der Waals surface area (Å²) in [5.41, 5.74) is 8.09. The molecule has 0 fully saturated rings. The molecule has 0 aliphatic carbocycles. The van der Waals surface area contributed by atoms with Gasteiger partial charge >= 0.3 is 0 Å². The highest BCUT2D eigenvalue weighted by Crippen LogP contribution is 2.43. The zero-order chi connectivity index (χ0) is 28.1. The summed E-state index contributed by atoms with van der Waals surface area (Å²) in [4.78, 5) is 5.35. The van der Waals surface area contributed by atoms with Crippen LogP contribution in [0.2, 0.25) is 0 Å². The van der Waals surface area contributed by atoms with Crippen LogP contribution in [-0.4, -0.2) is 9.38 Å². The summed E-state index contributed by atoms with van der Waals surface area (Å²) in [6, 6.07) is 48.6. The van der Waals surface area contributed by atoms with Gasteiger partial charge < -0.3 is 0 Å². The Morgan fingerprint density at radius 3 is 1.95 bits per heavy atom. The van der Waals surface area contributed by atoms with Crippen molar-refractivity contribution in [3.05, 3.63) is 133 Å². The highest BCUT2D eigenvalue weighted by Gasteiger charge is 2.19. The summed E-state index contributed by atoms with van der Waals surface area (Å²) in [5.74, 6) is 0. The van der Waals surface area contributed by atoms with Crippen LogP contribution in [0.1, 0.15) is 0 Å². The van der Waals surface area contributed by atoms with Gasteiger partial charge in [0, 0.05) is 41.0 Å². The monoisotopic (exact) mass is 582 g/mol. The lowest BCUT2D eigenvalue weighted by Crippen LogP contribution is -1.93. The van der Waals surface area contributed by atoms with Gasteiger partial charge in [0.25, 0.3) is 0 Å². The van der Waals surface area contributed by atoms with Crippen molar-refractivity contribution in [2.24, 2.45) is 0 Å². The summed E-state index contributed by atoms with van der Waals surface area (Å²) in [6.45, 7) is 0. The van der Waals surface area contributed by atoms with Gasteiger partial charge in [-0.05, 0) is 46.3 Å². The molecule has 200 valence electrons. The lowest BCUT2D eigenvalue weighted by Gasteiger charge is -2.10. The third-order valence-corrected chi connectivity index (χ3v) is 11.2. The summed E-state index contributed by atoms with van der Waals surface area (Å²) in [7, 11) is 0. The van der Waals surface area contributed by atoms with Crippen molar-refractivity contribution in [3.63, 3.8) is 0 Å². The second-order valence-electron chi connectivity index (χ2n) is 11.2. The average molecular weight is 583 g/mol. The van der Waals surface area contributed by atoms with Gasteiger partial charge in [0.15, 0.2) is 5.65 Å². The molecule has 0 atom stereocenters. The van der Waals surface area contributed by atoms with Gasteiger partial charge in [0.1, 0.15) is 0 Å². The van der Waals surface area contributed by atoms with E-state index in [2.05, 4.69) is 138 Å². The van der Waals surface area contributed by atoms with E-state index in [0.29, 0.717) is 0 Å². The van der Waals surface area contributed by atoms with Crippen molar-refractivity contribution in [2.45, 2.75) is 0 Å². The molecule has 0 saturated heterocycles. The fourth-order valence-corrected chi connectivity index (χ4v) is 9.19. The predicted molar refractivity (Wildman–Crippen MR) is 187 cm³/mol. The zero-order valence-electron chi connectivity index (χ0n) is 22.9. The lowest BCUT2D eigenvalue weighted by molar-refractivity contribution is 1.25. The minimum absolute atomic E-state index is 1.03. The number of thiophene rings is 2. The fraction of sp³-hybridized carbons (Fsp3) is 0. The molecule has 0 bridgehead atoms. The molecule has 0 N–H and O–H groups in total. The Hall–Kier alpha value is -5.03. The normalized spacial score (nSPS) is 12.2. The number of imidazole rings is 1. The topological polar surface area (TPSA) is 17.3 Å². The fourth-order valence-electron chi connectivity index (χ4n) is 6.79. The Bertz CT molecular complexity index is 2720. The molecular formula is C39H22N2S2. The van der Waals surface area contributed by atoms with Crippen LogP contribution in [0, 0.1) is 0 Å². The van der Waals surface area contributed by atoms with Crippen molar-refractivity contribution in [3.8, 4) is 22.4 Å². The number of rotatable bonds is 2. The van der Waals surface area contributed by atoms with Gasteiger partial charge in [0.2, 0.25) is 0 Å². The Morgan fingerprint density at radius 1 is 0.488 bits per heavy atom. The van der Waals surface area contributed by atoms with E-state index in [4.69, 9.17) is 4.98 Å². The number of hydrogen-bond donors (Lipinski definition) is 0. The maximum absolute atomic E-state index is 5.35. The maximum Gasteiger partial charge on any atom is 0.156 e. The standard InChI is InChI=1S/C39H22N2S2/c1-2-9-26-23(8-1)20-21-32-36(26)40-39-38-31(29-11-4-6-15-35(29)43-38)22-33(41(32)39)25-18-16-24(17-19-25)27-12-7-13-30-28-10-3-5-14-34(28)42-37(27)30/h1-22H.